The van der Waals surface area contributed by atoms with Gasteiger partial charge < -0.3 is 20.1 Å². The van der Waals surface area contributed by atoms with E-state index in [0.717, 1.165) is 48.6 Å². The molecule has 122 valence electrons. The molecule has 1 aromatic heterocycles. The Bertz CT molecular complexity index is 739. The molecule has 7 heteroatoms. The molecule has 1 amide bonds. The van der Waals surface area contributed by atoms with Gasteiger partial charge in [-0.2, -0.15) is 0 Å². The summed E-state index contributed by atoms with van der Waals surface area (Å²) >= 11 is 1.47. The maximum atomic E-state index is 12.6. The second-order valence-corrected chi connectivity index (χ2v) is 7.16. The van der Waals surface area contributed by atoms with E-state index < -0.39 is 0 Å². The lowest BCUT2D eigenvalue weighted by atomic mass is 9.67. The zero-order chi connectivity index (χ0) is 15.9. The Morgan fingerprint density at radius 2 is 2.30 bits per heavy atom. The summed E-state index contributed by atoms with van der Waals surface area (Å²) in [5, 5.41) is 6.87. The molecule has 2 aliphatic heterocycles. The minimum Gasteiger partial charge on any atom is -0.497 e. The molecule has 23 heavy (non-hydrogen) atoms. The van der Waals surface area contributed by atoms with Crippen LogP contribution in [0, 0.1) is 5.41 Å². The van der Waals surface area contributed by atoms with Gasteiger partial charge in [0.1, 0.15) is 5.75 Å². The summed E-state index contributed by atoms with van der Waals surface area (Å²) in [7, 11) is 1.64. The number of ether oxygens (including phenoxy) is 2. The Hall–Kier alpha value is -1.70. The highest BCUT2D eigenvalue weighted by Crippen LogP contribution is 2.40. The van der Waals surface area contributed by atoms with Crippen LogP contribution in [0.2, 0.25) is 0 Å². The van der Waals surface area contributed by atoms with Crippen LogP contribution in [0.1, 0.15) is 12.8 Å². The Balaban J connectivity index is 1.50. The number of hydrogen-bond donors (Lipinski definition) is 2. The second kappa shape index (κ2) is 5.74. The highest BCUT2D eigenvalue weighted by atomic mass is 32.1. The van der Waals surface area contributed by atoms with E-state index in [4.69, 9.17) is 9.47 Å². The first-order chi connectivity index (χ1) is 11.2. The number of benzene rings is 1. The number of rotatable bonds is 3. The molecule has 2 N–H and O–H groups in total. The van der Waals surface area contributed by atoms with Gasteiger partial charge in [0.15, 0.2) is 5.13 Å². The van der Waals surface area contributed by atoms with Gasteiger partial charge in [-0.15, -0.1) is 0 Å². The van der Waals surface area contributed by atoms with E-state index in [9.17, 15) is 4.79 Å². The van der Waals surface area contributed by atoms with Gasteiger partial charge in [-0.05, 0) is 31.0 Å². The number of thiazole rings is 1. The molecule has 0 bridgehead atoms. The summed E-state index contributed by atoms with van der Waals surface area (Å²) in [6.45, 7) is 2.38. The SMILES string of the molecule is COc1ccc2nc(NC(=O)C3NCC34CCOCC4)sc2c1. The number of carbonyl (C=O) groups excluding carboxylic acids is 1. The first-order valence-corrected chi connectivity index (χ1v) is 8.58. The van der Waals surface area contributed by atoms with E-state index in [-0.39, 0.29) is 17.4 Å². The lowest BCUT2D eigenvalue weighted by molar-refractivity contribution is -0.130. The van der Waals surface area contributed by atoms with Gasteiger partial charge in [0.05, 0.1) is 23.4 Å². The van der Waals surface area contributed by atoms with Crippen LogP contribution in [0.15, 0.2) is 18.2 Å². The maximum absolute atomic E-state index is 12.6. The lowest BCUT2D eigenvalue weighted by Crippen LogP contribution is -2.68. The van der Waals surface area contributed by atoms with Crippen LogP contribution in [-0.2, 0) is 9.53 Å². The average Bonchev–Trinajstić information content (AvgIpc) is 2.95. The van der Waals surface area contributed by atoms with E-state index in [1.807, 2.05) is 18.2 Å². The van der Waals surface area contributed by atoms with Crippen molar-refractivity contribution in [3.05, 3.63) is 18.2 Å². The number of carbonyl (C=O) groups is 1. The average molecular weight is 333 g/mol. The zero-order valence-corrected chi connectivity index (χ0v) is 13.7. The molecule has 2 fully saturated rings. The Morgan fingerprint density at radius 3 is 3.00 bits per heavy atom. The van der Waals surface area contributed by atoms with Crippen molar-refractivity contribution in [1.29, 1.82) is 0 Å². The monoisotopic (exact) mass is 333 g/mol. The van der Waals surface area contributed by atoms with E-state index >= 15 is 0 Å². The maximum Gasteiger partial charge on any atom is 0.243 e. The van der Waals surface area contributed by atoms with Gasteiger partial charge in [-0.1, -0.05) is 11.3 Å². The second-order valence-electron chi connectivity index (χ2n) is 6.13. The highest BCUT2D eigenvalue weighted by Gasteiger charge is 2.51. The minimum absolute atomic E-state index is 0.00386. The number of nitrogens with zero attached hydrogens (tertiary/aromatic N) is 1. The van der Waals surface area contributed by atoms with Gasteiger partial charge >= 0.3 is 0 Å². The molecule has 2 aromatic rings. The predicted octanol–water partition coefficient (Wildman–Crippen LogP) is 2.01. The summed E-state index contributed by atoms with van der Waals surface area (Å²) in [6.07, 6.45) is 1.88. The van der Waals surface area contributed by atoms with Gasteiger partial charge in [0.2, 0.25) is 5.91 Å². The molecule has 1 aromatic carbocycles. The number of fused-ring (bicyclic) bond motifs is 1. The van der Waals surface area contributed by atoms with Crippen LogP contribution in [0.25, 0.3) is 10.2 Å². The third-order valence-corrected chi connectivity index (χ3v) is 5.78. The van der Waals surface area contributed by atoms with Crippen LogP contribution in [-0.4, -0.2) is 43.8 Å². The summed E-state index contributed by atoms with van der Waals surface area (Å²) in [6, 6.07) is 5.57. The fourth-order valence-corrected chi connectivity index (χ4v) is 4.27. The first-order valence-electron chi connectivity index (χ1n) is 7.77. The van der Waals surface area contributed by atoms with Crippen molar-refractivity contribution in [1.82, 2.24) is 10.3 Å². The van der Waals surface area contributed by atoms with Gasteiger partial charge in [-0.3, -0.25) is 4.79 Å². The van der Waals surface area contributed by atoms with Crippen LogP contribution in [0.3, 0.4) is 0 Å². The first kappa shape index (κ1) is 14.9. The zero-order valence-electron chi connectivity index (χ0n) is 12.9. The number of aromatic nitrogens is 1. The number of amides is 1. The molecule has 4 rings (SSSR count). The summed E-state index contributed by atoms with van der Waals surface area (Å²) in [4.78, 5) is 17.1. The quantitative estimate of drug-likeness (QED) is 0.899. The number of hydrogen-bond acceptors (Lipinski definition) is 6. The van der Waals surface area contributed by atoms with Gasteiger partial charge in [-0.25, -0.2) is 4.98 Å². The van der Waals surface area contributed by atoms with Crippen molar-refractivity contribution >= 4 is 32.6 Å². The molecule has 0 aliphatic carbocycles. The Morgan fingerprint density at radius 1 is 1.48 bits per heavy atom. The molecule has 0 saturated carbocycles. The van der Waals surface area contributed by atoms with E-state index in [1.165, 1.54) is 11.3 Å². The third kappa shape index (κ3) is 2.58. The minimum atomic E-state index is -0.145. The van der Waals surface area contributed by atoms with E-state index in [2.05, 4.69) is 15.6 Å². The van der Waals surface area contributed by atoms with Crippen molar-refractivity contribution < 1.29 is 14.3 Å². The van der Waals surface area contributed by atoms with Crippen molar-refractivity contribution in [2.45, 2.75) is 18.9 Å². The molecule has 6 nitrogen and oxygen atoms in total. The van der Waals surface area contributed by atoms with Crippen LogP contribution in [0.4, 0.5) is 5.13 Å². The van der Waals surface area contributed by atoms with E-state index in [1.54, 1.807) is 7.11 Å². The third-order valence-electron chi connectivity index (χ3n) is 4.85. The fourth-order valence-electron chi connectivity index (χ4n) is 3.37. The summed E-state index contributed by atoms with van der Waals surface area (Å²) in [5.41, 5.74) is 0.927. The van der Waals surface area contributed by atoms with Crippen LogP contribution in [0.5, 0.6) is 5.75 Å². The standard InChI is InChI=1S/C16H19N3O3S/c1-21-10-2-3-11-12(8-10)23-15(18-11)19-14(20)13-16(9-17-13)4-6-22-7-5-16/h2-3,8,13,17H,4-7,9H2,1H3,(H,18,19,20). The molecule has 3 heterocycles. The Kier molecular flexibility index (Phi) is 3.71. The normalized spacial score (nSPS) is 22.7. The predicted molar refractivity (Wildman–Crippen MR) is 89.1 cm³/mol. The van der Waals surface area contributed by atoms with Crippen molar-refractivity contribution in [3.63, 3.8) is 0 Å². The van der Waals surface area contributed by atoms with E-state index in [0.29, 0.717) is 5.13 Å². The largest absolute Gasteiger partial charge is 0.497 e. The van der Waals surface area contributed by atoms with Crippen LogP contribution < -0.4 is 15.4 Å². The molecule has 1 unspecified atom stereocenters. The molecule has 2 aliphatic rings. The van der Waals surface area contributed by atoms with Crippen molar-refractivity contribution in [2.24, 2.45) is 5.41 Å². The fraction of sp³-hybridized carbons (Fsp3) is 0.500. The van der Waals surface area contributed by atoms with Crippen LogP contribution >= 0.6 is 11.3 Å². The van der Waals surface area contributed by atoms with Crippen molar-refractivity contribution in [3.8, 4) is 5.75 Å². The Labute approximate surface area is 138 Å². The number of anilines is 1. The summed E-state index contributed by atoms with van der Waals surface area (Å²) < 4.78 is 11.7. The molecule has 2 saturated heterocycles. The number of nitrogens with one attached hydrogen (secondary N) is 2. The van der Waals surface area contributed by atoms with Gasteiger partial charge in [0, 0.05) is 25.2 Å². The molecule has 0 radical (unpaired) electrons. The topological polar surface area (TPSA) is 72.5 Å². The molecular formula is C16H19N3O3S. The molecule has 1 atom stereocenters. The highest BCUT2D eigenvalue weighted by molar-refractivity contribution is 7.22. The number of methoxy groups -OCH3 is 1. The van der Waals surface area contributed by atoms with Gasteiger partial charge in [0.25, 0.3) is 0 Å². The molecule has 1 spiro atoms. The molecular weight excluding hydrogens is 314 g/mol. The lowest BCUT2D eigenvalue weighted by Gasteiger charge is -2.51. The summed E-state index contributed by atoms with van der Waals surface area (Å²) in [5.74, 6) is 0.796. The van der Waals surface area contributed by atoms with Crippen molar-refractivity contribution in [2.75, 3.05) is 32.2 Å². The smallest absolute Gasteiger partial charge is 0.243 e.